The van der Waals surface area contributed by atoms with Crippen molar-refractivity contribution in [1.82, 2.24) is 5.32 Å². The fraction of sp³-hybridized carbons (Fsp3) is 0.207. The number of urea groups is 1. The molecule has 0 bridgehead atoms. The van der Waals surface area contributed by atoms with Crippen molar-refractivity contribution >= 4 is 64.4 Å². The zero-order chi connectivity index (χ0) is 28.8. The molecule has 0 aromatic heterocycles. The number of imide groups is 2. The number of carbonyl (C=O) groups excluding carboxylic acids is 3. The number of nitrogens with one attached hydrogen (secondary N) is 1. The van der Waals surface area contributed by atoms with E-state index in [1.54, 1.807) is 42.5 Å². The van der Waals surface area contributed by atoms with E-state index < -0.39 is 17.8 Å². The van der Waals surface area contributed by atoms with Crippen LogP contribution in [0.3, 0.4) is 0 Å². The van der Waals surface area contributed by atoms with Crippen LogP contribution in [0.25, 0.3) is 6.08 Å². The Morgan fingerprint density at radius 1 is 0.875 bits per heavy atom. The molecular formula is C29H25Cl3N2O6. The topological polar surface area (TPSA) is 94.2 Å². The molecule has 11 heteroatoms. The Kier molecular flexibility index (Phi) is 9.58. The minimum Gasteiger partial charge on any atom is -0.490 e. The second-order valence-electron chi connectivity index (χ2n) is 8.59. The van der Waals surface area contributed by atoms with Crippen molar-refractivity contribution in [3.8, 4) is 17.2 Å². The first-order valence-corrected chi connectivity index (χ1v) is 13.5. The molecule has 8 nitrogen and oxygen atoms in total. The van der Waals surface area contributed by atoms with Crippen LogP contribution in [0.2, 0.25) is 15.1 Å². The highest BCUT2D eigenvalue weighted by Crippen LogP contribution is 2.38. The average molecular weight is 604 g/mol. The van der Waals surface area contributed by atoms with E-state index in [1.165, 1.54) is 18.2 Å². The summed E-state index contributed by atoms with van der Waals surface area (Å²) in [5, 5.41) is 3.46. The van der Waals surface area contributed by atoms with Crippen LogP contribution in [0.15, 0.2) is 60.2 Å². The highest BCUT2D eigenvalue weighted by Gasteiger charge is 2.37. The fourth-order valence-corrected chi connectivity index (χ4v) is 4.57. The molecule has 40 heavy (non-hydrogen) atoms. The zero-order valence-corrected chi connectivity index (χ0v) is 23.9. The molecule has 1 N–H and O–H groups in total. The van der Waals surface area contributed by atoms with E-state index in [9.17, 15) is 14.4 Å². The van der Waals surface area contributed by atoms with Gasteiger partial charge in [-0.1, -0.05) is 47.8 Å². The van der Waals surface area contributed by atoms with Crippen molar-refractivity contribution in [3.63, 3.8) is 0 Å². The van der Waals surface area contributed by atoms with Gasteiger partial charge in [0.2, 0.25) is 0 Å². The van der Waals surface area contributed by atoms with Crippen LogP contribution in [0.1, 0.15) is 31.4 Å². The first kappa shape index (κ1) is 29.3. The molecule has 0 aliphatic carbocycles. The SMILES string of the molecule is CCCOc1c(Cl)cc(/C=C2\C(=O)NC(=O)N(c3ccc(OCc4ccc(Cl)cc4Cl)cc3)C2=O)cc1OCC. The first-order chi connectivity index (χ1) is 19.2. The minimum absolute atomic E-state index is 0.189. The van der Waals surface area contributed by atoms with Crippen molar-refractivity contribution in [1.29, 1.82) is 0 Å². The van der Waals surface area contributed by atoms with Gasteiger partial charge >= 0.3 is 6.03 Å². The van der Waals surface area contributed by atoms with Gasteiger partial charge < -0.3 is 14.2 Å². The number of barbiturate groups is 1. The highest BCUT2D eigenvalue weighted by molar-refractivity contribution is 6.39. The summed E-state index contributed by atoms with van der Waals surface area (Å²) in [4.78, 5) is 39.5. The predicted octanol–water partition coefficient (Wildman–Crippen LogP) is 7.08. The van der Waals surface area contributed by atoms with Gasteiger partial charge in [-0.25, -0.2) is 9.69 Å². The molecule has 3 aromatic rings. The Balaban J connectivity index is 1.56. The lowest BCUT2D eigenvalue weighted by Gasteiger charge is -2.26. The molecule has 1 fully saturated rings. The Labute approximate surface area is 246 Å². The first-order valence-electron chi connectivity index (χ1n) is 12.4. The van der Waals surface area contributed by atoms with Gasteiger partial charge in [0.15, 0.2) is 11.5 Å². The second-order valence-corrected chi connectivity index (χ2v) is 9.84. The van der Waals surface area contributed by atoms with Crippen LogP contribution in [0.4, 0.5) is 10.5 Å². The summed E-state index contributed by atoms with van der Waals surface area (Å²) >= 11 is 18.6. The second kappa shape index (κ2) is 13.1. The number of rotatable bonds is 10. The van der Waals surface area contributed by atoms with Gasteiger partial charge in [-0.3, -0.25) is 14.9 Å². The molecule has 1 heterocycles. The fourth-order valence-electron chi connectivity index (χ4n) is 3.83. The van der Waals surface area contributed by atoms with Gasteiger partial charge in [-0.05, 0) is 73.5 Å². The summed E-state index contributed by atoms with van der Waals surface area (Å²) < 4.78 is 17.1. The van der Waals surface area contributed by atoms with Crippen molar-refractivity contribution in [2.24, 2.45) is 0 Å². The van der Waals surface area contributed by atoms with Gasteiger partial charge in [0.1, 0.15) is 17.9 Å². The van der Waals surface area contributed by atoms with Crippen LogP contribution in [0.5, 0.6) is 17.2 Å². The van der Waals surface area contributed by atoms with E-state index >= 15 is 0 Å². The van der Waals surface area contributed by atoms with E-state index in [0.29, 0.717) is 46.1 Å². The van der Waals surface area contributed by atoms with E-state index in [0.717, 1.165) is 16.9 Å². The summed E-state index contributed by atoms with van der Waals surface area (Å²) in [6, 6.07) is 13.7. The number of nitrogens with zero attached hydrogens (tertiary/aromatic N) is 1. The molecule has 1 aliphatic rings. The number of hydrogen-bond donors (Lipinski definition) is 1. The average Bonchev–Trinajstić information content (AvgIpc) is 2.91. The molecule has 0 radical (unpaired) electrons. The van der Waals surface area contributed by atoms with Crippen molar-refractivity contribution < 1.29 is 28.6 Å². The van der Waals surface area contributed by atoms with Gasteiger partial charge in [0, 0.05) is 15.6 Å². The van der Waals surface area contributed by atoms with Crippen LogP contribution in [-0.2, 0) is 16.2 Å². The number of carbonyl (C=O) groups is 3. The standard InChI is InChI=1S/C29H25Cl3N2O6/c1-3-11-39-26-24(32)13-17(14-25(26)38-4-2)12-22-27(35)33-29(37)34(28(22)36)20-7-9-21(10-8-20)40-16-18-5-6-19(30)15-23(18)31/h5-10,12-15H,3-4,11,16H2,1-2H3,(H,33,35,37)/b22-12+. The van der Waals surface area contributed by atoms with E-state index in [-0.39, 0.29) is 22.9 Å². The summed E-state index contributed by atoms with van der Waals surface area (Å²) in [6.45, 7) is 4.76. The summed E-state index contributed by atoms with van der Waals surface area (Å²) in [6.07, 6.45) is 2.12. The third-order valence-electron chi connectivity index (χ3n) is 5.70. The maximum Gasteiger partial charge on any atom is 0.335 e. The Morgan fingerprint density at radius 3 is 2.30 bits per heavy atom. The van der Waals surface area contributed by atoms with Crippen LogP contribution >= 0.6 is 34.8 Å². The van der Waals surface area contributed by atoms with E-state index in [2.05, 4.69) is 5.32 Å². The zero-order valence-electron chi connectivity index (χ0n) is 21.6. The van der Waals surface area contributed by atoms with Gasteiger partial charge in [-0.2, -0.15) is 0 Å². The Bertz CT molecular complexity index is 1470. The molecular weight excluding hydrogens is 579 g/mol. The number of anilines is 1. The number of hydrogen-bond acceptors (Lipinski definition) is 6. The quantitative estimate of drug-likeness (QED) is 0.197. The Hall–Kier alpha value is -3.72. The highest BCUT2D eigenvalue weighted by atomic mass is 35.5. The maximum atomic E-state index is 13.3. The lowest BCUT2D eigenvalue weighted by Crippen LogP contribution is -2.54. The molecule has 4 amide bonds. The molecule has 0 unspecified atom stereocenters. The maximum absolute atomic E-state index is 13.3. The molecule has 1 aliphatic heterocycles. The Morgan fingerprint density at radius 2 is 1.62 bits per heavy atom. The van der Waals surface area contributed by atoms with Crippen LogP contribution < -0.4 is 24.4 Å². The van der Waals surface area contributed by atoms with Gasteiger partial charge in [-0.15, -0.1) is 0 Å². The largest absolute Gasteiger partial charge is 0.490 e. The lowest BCUT2D eigenvalue weighted by molar-refractivity contribution is -0.122. The smallest absolute Gasteiger partial charge is 0.335 e. The van der Waals surface area contributed by atoms with Crippen LogP contribution in [-0.4, -0.2) is 31.1 Å². The number of halogens is 3. The van der Waals surface area contributed by atoms with Gasteiger partial charge in [0.25, 0.3) is 11.8 Å². The molecule has 208 valence electrons. The normalized spacial score (nSPS) is 14.4. The number of ether oxygens (including phenoxy) is 3. The van der Waals surface area contributed by atoms with Crippen LogP contribution in [0, 0.1) is 0 Å². The summed E-state index contributed by atoms with van der Waals surface area (Å²) in [5.41, 5.74) is 1.16. The third-order valence-corrected chi connectivity index (χ3v) is 6.57. The predicted molar refractivity (Wildman–Crippen MR) is 155 cm³/mol. The number of amides is 4. The van der Waals surface area contributed by atoms with Gasteiger partial charge in [0.05, 0.1) is 23.9 Å². The lowest BCUT2D eigenvalue weighted by atomic mass is 10.1. The summed E-state index contributed by atoms with van der Waals surface area (Å²) in [7, 11) is 0. The van der Waals surface area contributed by atoms with Crippen molar-refractivity contribution in [3.05, 3.63) is 86.4 Å². The van der Waals surface area contributed by atoms with Crippen molar-refractivity contribution in [2.75, 3.05) is 18.1 Å². The minimum atomic E-state index is -0.870. The van der Waals surface area contributed by atoms with E-state index in [1.807, 2.05) is 13.8 Å². The molecule has 4 rings (SSSR count). The van der Waals surface area contributed by atoms with Crippen molar-refractivity contribution in [2.45, 2.75) is 26.9 Å². The molecule has 0 spiro atoms. The summed E-state index contributed by atoms with van der Waals surface area (Å²) in [5.74, 6) is -0.385. The molecule has 3 aromatic carbocycles. The molecule has 1 saturated heterocycles. The number of benzene rings is 3. The molecule has 0 atom stereocenters. The monoisotopic (exact) mass is 602 g/mol. The molecule has 0 saturated carbocycles. The third kappa shape index (κ3) is 6.70. The van der Waals surface area contributed by atoms with E-state index in [4.69, 9.17) is 49.0 Å².